The predicted molar refractivity (Wildman–Crippen MR) is 103 cm³/mol. The predicted octanol–water partition coefficient (Wildman–Crippen LogP) is 4.62. The van der Waals surface area contributed by atoms with Gasteiger partial charge in [-0.2, -0.15) is 0 Å². The summed E-state index contributed by atoms with van der Waals surface area (Å²) < 4.78 is 33.8. The SMILES string of the molecule is Cc1sc(-n2cccc2)c(C(=O)O[C@@H](C)C(=O)Nc2ccc(F)cc2F)c1C. The van der Waals surface area contributed by atoms with Crippen LogP contribution in [0.1, 0.15) is 27.7 Å². The average molecular weight is 404 g/mol. The molecule has 0 saturated carbocycles. The number of benzene rings is 1. The molecule has 2 aromatic heterocycles. The largest absolute Gasteiger partial charge is 0.449 e. The number of ether oxygens (including phenoxy) is 1. The molecule has 28 heavy (non-hydrogen) atoms. The van der Waals surface area contributed by atoms with Crippen LogP contribution in [-0.2, 0) is 9.53 Å². The first-order valence-electron chi connectivity index (χ1n) is 8.48. The van der Waals surface area contributed by atoms with Crippen molar-refractivity contribution in [3.63, 3.8) is 0 Å². The molecule has 1 amide bonds. The van der Waals surface area contributed by atoms with Gasteiger partial charge < -0.3 is 14.6 Å². The van der Waals surface area contributed by atoms with Crippen molar-refractivity contribution in [2.24, 2.45) is 0 Å². The van der Waals surface area contributed by atoms with Crippen LogP contribution in [0.2, 0.25) is 0 Å². The van der Waals surface area contributed by atoms with E-state index in [1.165, 1.54) is 18.3 Å². The summed E-state index contributed by atoms with van der Waals surface area (Å²) in [5.74, 6) is -3.03. The zero-order chi connectivity index (χ0) is 20.4. The summed E-state index contributed by atoms with van der Waals surface area (Å²) in [4.78, 5) is 26.0. The zero-order valence-corrected chi connectivity index (χ0v) is 16.3. The van der Waals surface area contributed by atoms with Gasteiger partial charge >= 0.3 is 5.97 Å². The molecule has 0 aliphatic carbocycles. The Morgan fingerprint density at radius 1 is 1.18 bits per heavy atom. The van der Waals surface area contributed by atoms with E-state index in [9.17, 15) is 18.4 Å². The van der Waals surface area contributed by atoms with Gasteiger partial charge in [0.1, 0.15) is 16.6 Å². The van der Waals surface area contributed by atoms with Gasteiger partial charge in [0.25, 0.3) is 5.91 Å². The van der Waals surface area contributed by atoms with Gasteiger partial charge in [-0.3, -0.25) is 4.79 Å². The number of rotatable bonds is 5. The Kier molecular flexibility index (Phi) is 5.60. The quantitative estimate of drug-likeness (QED) is 0.632. The number of nitrogens with one attached hydrogen (secondary N) is 1. The molecule has 1 N–H and O–H groups in total. The molecule has 0 aliphatic heterocycles. The first kappa shape index (κ1) is 19.8. The lowest BCUT2D eigenvalue weighted by Gasteiger charge is -2.15. The van der Waals surface area contributed by atoms with E-state index in [4.69, 9.17) is 4.74 Å². The van der Waals surface area contributed by atoms with Crippen molar-refractivity contribution in [2.45, 2.75) is 26.9 Å². The maximum atomic E-state index is 13.7. The van der Waals surface area contributed by atoms with E-state index >= 15 is 0 Å². The summed E-state index contributed by atoms with van der Waals surface area (Å²) in [6.45, 7) is 5.10. The van der Waals surface area contributed by atoms with E-state index in [1.807, 2.05) is 38.4 Å². The molecule has 146 valence electrons. The van der Waals surface area contributed by atoms with Crippen molar-refractivity contribution >= 4 is 28.9 Å². The molecule has 0 fully saturated rings. The highest BCUT2D eigenvalue weighted by atomic mass is 32.1. The van der Waals surface area contributed by atoms with Gasteiger partial charge in [-0.25, -0.2) is 13.6 Å². The maximum absolute atomic E-state index is 13.7. The maximum Gasteiger partial charge on any atom is 0.342 e. The Bertz CT molecular complexity index is 1030. The van der Waals surface area contributed by atoms with Crippen LogP contribution in [0.4, 0.5) is 14.5 Å². The third-order valence-corrected chi connectivity index (χ3v) is 5.47. The minimum Gasteiger partial charge on any atom is -0.449 e. The van der Waals surface area contributed by atoms with E-state index in [-0.39, 0.29) is 5.69 Å². The zero-order valence-electron chi connectivity index (χ0n) is 15.5. The molecule has 0 bridgehead atoms. The summed E-state index contributed by atoms with van der Waals surface area (Å²) in [6, 6.07) is 6.47. The number of halogens is 2. The number of carbonyl (C=O) groups excluding carboxylic acids is 2. The number of anilines is 1. The Balaban J connectivity index is 1.77. The van der Waals surface area contributed by atoms with Crippen LogP contribution in [0.15, 0.2) is 42.7 Å². The van der Waals surface area contributed by atoms with Crippen molar-refractivity contribution in [1.29, 1.82) is 0 Å². The Morgan fingerprint density at radius 2 is 1.86 bits per heavy atom. The standard InChI is InChI=1S/C20H18F2N2O3S/c1-11-13(3)28-19(24-8-4-5-9-24)17(11)20(26)27-12(2)18(25)23-16-7-6-14(21)10-15(16)22/h4-10,12H,1-3H3,(H,23,25)/t12-/m0/s1. The van der Waals surface area contributed by atoms with Gasteiger partial charge in [0.2, 0.25) is 0 Å². The van der Waals surface area contributed by atoms with Crippen molar-refractivity contribution in [3.05, 3.63) is 70.4 Å². The first-order valence-corrected chi connectivity index (χ1v) is 9.29. The molecular formula is C20H18F2N2O3S. The topological polar surface area (TPSA) is 60.3 Å². The normalized spacial score (nSPS) is 11.9. The highest BCUT2D eigenvalue weighted by molar-refractivity contribution is 7.15. The van der Waals surface area contributed by atoms with Crippen LogP contribution in [0.25, 0.3) is 5.00 Å². The van der Waals surface area contributed by atoms with Crippen molar-refractivity contribution in [1.82, 2.24) is 4.57 Å². The van der Waals surface area contributed by atoms with E-state index in [1.54, 1.807) is 4.57 Å². The molecular weight excluding hydrogens is 386 g/mol. The third kappa shape index (κ3) is 3.96. The van der Waals surface area contributed by atoms with Crippen LogP contribution >= 0.6 is 11.3 Å². The number of aromatic nitrogens is 1. The van der Waals surface area contributed by atoms with Crippen molar-refractivity contribution in [2.75, 3.05) is 5.32 Å². The van der Waals surface area contributed by atoms with Gasteiger partial charge in [0.05, 0.1) is 11.3 Å². The van der Waals surface area contributed by atoms with E-state index in [2.05, 4.69) is 5.32 Å². The van der Waals surface area contributed by atoms with Crippen molar-refractivity contribution < 1.29 is 23.1 Å². The van der Waals surface area contributed by atoms with Gasteiger partial charge in [0, 0.05) is 23.3 Å². The molecule has 0 unspecified atom stereocenters. The van der Waals surface area contributed by atoms with Crippen LogP contribution in [-0.4, -0.2) is 22.5 Å². The highest BCUT2D eigenvalue weighted by Gasteiger charge is 2.26. The molecule has 3 aromatic rings. The molecule has 0 radical (unpaired) electrons. The van der Waals surface area contributed by atoms with Crippen molar-refractivity contribution in [3.8, 4) is 5.00 Å². The number of thiophene rings is 1. The molecule has 8 heteroatoms. The second-order valence-corrected chi connectivity index (χ2v) is 7.42. The minimum atomic E-state index is -1.17. The molecule has 1 aromatic carbocycles. The van der Waals surface area contributed by atoms with Crippen LogP contribution in [0.5, 0.6) is 0 Å². The number of hydrogen-bond donors (Lipinski definition) is 1. The minimum absolute atomic E-state index is 0.190. The molecule has 0 saturated heterocycles. The fraction of sp³-hybridized carbons (Fsp3) is 0.200. The summed E-state index contributed by atoms with van der Waals surface area (Å²) in [7, 11) is 0. The number of esters is 1. The molecule has 0 aliphatic rings. The summed E-state index contributed by atoms with van der Waals surface area (Å²) in [5, 5.41) is 2.99. The van der Waals surface area contributed by atoms with Gasteiger partial charge in [-0.15, -0.1) is 11.3 Å². The number of aryl methyl sites for hydroxylation is 1. The molecule has 5 nitrogen and oxygen atoms in total. The van der Waals surface area contributed by atoms with Gasteiger partial charge in [-0.1, -0.05) is 0 Å². The number of nitrogens with zero attached hydrogens (tertiary/aromatic N) is 1. The third-order valence-electron chi connectivity index (χ3n) is 4.25. The van der Waals surface area contributed by atoms with E-state index < -0.39 is 29.6 Å². The lowest BCUT2D eigenvalue weighted by Crippen LogP contribution is -2.30. The van der Waals surface area contributed by atoms with Gasteiger partial charge in [-0.05, 0) is 50.6 Å². The Hall–Kier alpha value is -3.00. The second-order valence-electron chi connectivity index (χ2n) is 6.21. The average Bonchev–Trinajstić information content (AvgIpc) is 3.26. The molecule has 0 spiro atoms. The monoisotopic (exact) mass is 404 g/mol. The number of hydrogen-bond acceptors (Lipinski definition) is 4. The van der Waals surface area contributed by atoms with E-state index in [0.717, 1.165) is 22.6 Å². The first-order chi connectivity index (χ1) is 13.3. The Labute approximate surface area is 164 Å². The number of amides is 1. The second kappa shape index (κ2) is 7.93. The van der Waals surface area contributed by atoms with Crippen LogP contribution < -0.4 is 5.32 Å². The fourth-order valence-corrected chi connectivity index (χ4v) is 3.71. The molecule has 1 atom stereocenters. The number of carbonyl (C=O) groups is 2. The lowest BCUT2D eigenvalue weighted by atomic mass is 10.1. The van der Waals surface area contributed by atoms with Crippen LogP contribution in [0, 0.1) is 25.5 Å². The van der Waals surface area contributed by atoms with E-state index in [0.29, 0.717) is 16.6 Å². The Morgan fingerprint density at radius 3 is 2.50 bits per heavy atom. The molecule has 2 heterocycles. The lowest BCUT2D eigenvalue weighted by molar-refractivity contribution is -0.123. The smallest absolute Gasteiger partial charge is 0.342 e. The fourth-order valence-electron chi connectivity index (χ4n) is 2.60. The highest BCUT2D eigenvalue weighted by Crippen LogP contribution is 2.31. The molecule has 3 rings (SSSR count). The summed E-state index contributed by atoms with van der Waals surface area (Å²) in [5.41, 5.74) is 0.965. The summed E-state index contributed by atoms with van der Waals surface area (Å²) in [6.07, 6.45) is 2.46. The summed E-state index contributed by atoms with van der Waals surface area (Å²) >= 11 is 1.44. The van der Waals surface area contributed by atoms with Gasteiger partial charge in [0.15, 0.2) is 6.10 Å². The van der Waals surface area contributed by atoms with Crippen LogP contribution in [0.3, 0.4) is 0 Å².